The van der Waals surface area contributed by atoms with Crippen LogP contribution < -0.4 is 5.73 Å². The van der Waals surface area contributed by atoms with E-state index in [-0.39, 0.29) is 0 Å². The average molecular weight is 334 g/mol. The summed E-state index contributed by atoms with van der Waals surface area (Å²) in [7, 11) is 0. The van der Waals surface area contributed by atoms with Gasteiger partial charge in [-0.1, -0.05) is 0 Å². The van der Waals surface area contributed by atoms with Crippen LogP contribution in [-0.2, 0) is 0 Å². The molecule has 0 aliphatic carbocycles. The zero-order valence-corrected chi connectivity index (χ0v) is 13.2. The van der Waals surface area contributed by atoms with E-state index in [0.29, 0.717) is 11.9 Å². The van der Waals surface area contributed by atoms with Crippen LogP contribution in [0.3, 0.4) is 0 Å². The van der Waals surface area contributed by atoms with Crippen molar-refractivity contribution in [1.29, 1.82) is 0 Å². The predicted molar refractivity (Wildman–Crippen MR) is 83.6 cm³/mol. The zero-order chi connectivity index (χ0) is 14.4. The molecule has 0 unspecified atom stereocenters. The van der Waals surface area contributed by atoms with E-state index in [4.69, 9.17) is 5.73 Å². The molecule has 0 saturated carbocycles. The minimum absolute atomic E-state index is 0.318. The van der Waals surface area contributed by atoms with Gasteiger partial charge in [-0.05, 0) is 48.3 Å². The van der Waals surface area contributed by atoms with Crippen LogP contribution in [0.5, 0.6) is 0 Å². The molecule has 5 nitrogen and oxygen atoms in total. The Labute approximate surface area is 125 Å². The highest BCUT2D eigenvalue weighted by Crippen LogP contribution is 2.29. The van der Waals surface area contributed by atoms with E-state index in [1.807, 2.05) is 34.5 Å². The summed E-state index contributed by atoms with van der Waals surface area (Å²) < 4.78 is 4.80. The third-order valence-corrected chi connectivity index (χ3v) is 4.17. The normalized spacial score (nSPS) is 11.7. The average Bonchev–Trinajstić information content (AvgIpc) is 2.97. The summed E-state index contributed by atoms with van der Waals surface area (Å²) in [5, 5.41) is 4.34. The summed E-state index contributed by atoms with van der Waals surface area (Å²) in [6, 6.07) is 2.33. The van der Waals surface area contributed by atoms with Crippen LogP contribution in [0.15, 0.2) is 29.1 Å². The first-order valence-electron chi connectivity index (χ1n) is 6.45. The number of imidazole rings is 1. The Morgan fingerprint density at radius 1 is 1.30 bits per heavy atom. The quantitative estimate of drug-likeness (QED) is 0.781. The van der Waals surface area contributed by atoms with Gasteiger partial charge >= 0.3 is 0 Å². The smallest absolute Gasteiger partial charge is 0.139 e. The van der Waals surface area contributed by atoms with Crippen LogP contribution in [0, 0.1) is 6.92 Å². The molecule has 0 spiro atoms. The van der Waals surface area contributed by atoms with Crippen molar-refractivity contribution in [3.8, 4) is 11.3 Å². The van der Waals surface area contributed by atoms with Crippen LogP contribution in [0.4, 0.5) is 5.82 Å². The van der Waals surface area contributed by atoms with Gasteiger partial charge in [0.1, 0.15) is 17.2 Å². The van der Waals surface area contributed by atoms with E-state index >= 15 is 0 Å². The molecule has 0 bridgehead atoms. The van der Waals surface area contributed by atoms with Gasteiger partial charge in [0.05, 0.1) is 6.20 Å². The maximum atomic E-state index is 6.22. The summed E-state index contributed by atoms with van der Waals surface area (Å²) in [5.41, 5.74) is 9.90. The lowest BCUT2D eigenvalue weighted by Crippen LogP contribution is -1.99. The Morgan fingerprint density at radius 2 is 2.05 bits per heavy atom. The maximum Gasteiger partial charge on any atom is 0.139 e. The number of anilines is 1. The number of rotatable bonds is 2. The van der Waals surface area contributed by atoms with Crippen LogP contribution in [-0.4, -0.2) is 19.2 Å². The molecule has 0 radical (unpaired) electrons. The number of hydrogen-bond donors (Lipinski definition) is 1. The van der Waals surface area contributed by atoms with Gasteiger partial charge in [-0.15, -0.1) is 0 Å². The molecular formula is C14H16BrN5. The molecule has 3 heterocycles. The Kier molecular flexibility index (Phi) is 3.05. The number of fused-ring (bicyclic) bond motifs is 1. The van der Waals surface area contributed by atoms with Gasteiger partial charge < -0.3 is 5.73 Å². The topological polar surface area (TPSA) is 61.1 Å². The van der Waals surface area contributed by atoms with Crippen molar-refractivity contribution in [3.05, 3.63) is 34.7 Å². The number of aromatic nitrogens is 4. The zero-order valence-electron chi connectivity index (χ0n) is 11.6. The van der Waals surface area contributed by atoms with E-state index < -0.39 is 0 Å². The Balaban J connectivity index is 2.18. The first-order valence-corrected chi connectivity index (χ1v) is 7.25. The largest absolute Gasteiger partial charge is 0.383 e. The number of hydrogen-bond acceptors (Lipinski definition) is 3. The summed E-state index contributed by atoms with van der Waals surface area (Å²) in [6.45, 7) is 6.21. The fourth-order valence-electron chi connectivity index (χ4n) is 2.13. The Morgan fingerprint density at radius 3 is 2.70 bits per heavy atom. The number of pyridine rings is 1. The van der Waals surface area contributed by atoms with Crippen molar-refractivity contribution in [2.75, 3.05) is 5.73 Å². The molecule has 0 aliphatic rings. The molecule has 2 N–H and O–H groups in total. The van der Waals surface area contributed by atoms with Crippen LogP contribution >= 0.6 is 15.9 Å². The second kappa shape index (κ2) is 4.63. The lowest BCUT2D eigenvalue weighted by atomic mass is 10.2. The highest BCUT2D eigenvalue weighted by atomic mass is 79.9. The first kappa shape index (κ1) is 13.2. The molecule has 0 amide bonds. The molecule has 0 aromatic carbocycles. The number of halogens is 1. The molecule has 3 rings (SSSR count). The first-order chi connectivity index (χ1) is 9.47. The van der Waals surface area contributed by atoms with E-state index in [1.165, 1.54) is 0 Å². The minimum atomic E-state index is 0.318. The van der Waals surface area contributed by atoms with Crippen molar-refractivity contribution in [2.24, 2.45) is 0 Å². The fraction of sp³-hybridized carbons (Fsp3) is 0.286. The van der Waals surface area contributed by atoms with Gasteiger partial charge in [0, 0.05) is 28.5 Å². The van der Waals surface area contributed by atoms with Gasteiger partial charge in [-0.25, -0.2) is 4.98 Å². The van der Waals surface area contributed by atoms with Crippen LogP contribution in [0.1, 0.15) is 25.5 Å². The summed E-state index contributed by atoms with van der Waals surface area (Å²) in [5.74, 6) is 0.629. The minimum Gasteiger partial charge on any atom is -0.383 e. The Hall–Kier alpha value is -1.82. The van der Waals surface area contributed by atoms with Crippen LogP contribution in [0.2, 0.25) is 0 Å². The molecule has 3 aromatic rings. The number of nitrogens with zero attached hydrogens (tertiary/aromatic N) is 4. The van der Waals surface area contributed by atoms with Crippen molar-refractivity contribution < 1.29 is 0 Å². The monoisotopic (exact) mass is 333 g/mol. The summed E-state index contributed by atoms with van der Waals surface area (Å²) in [6.07, 6.45) is 5.73. The molecular weight excluding hydrogens is 318 g/mol. The standard InChI is InChI=1S/C14H16BrN5/c1-8(2)20-6-10(5-17-20)13-14(16)19-7-11(15)9(3)4-12(19)18-13/h4-8H,16H2,1-3H3. The van der Waals surface area contributed by atoms with Crippen molar-refractivity contribution >= 4 is 27.4 Å². The molecule has 0 fully saturated rings. The summed E-state index contributed by atoms with van der Waals surface area (Å²) in [4.78, 5) is 4.62. The Bertz CT molecular complexity index is 784. The number of aryl methyl sites for hydroxylation is 1. The third kappa shape index (κ3) is 2.00. The van der Waals surface area contributed by atoms with Crippen molar-refractivity contribution in [2.45, 2.75) is 26.8 Å². The highest BCUT2D eigenvalue weighted by molar-refractivity contribution is 9.10. The molecule has 104 valence electrons. The van der Waals surface area contributed by atoms with Crippen molar-refractivity contribution in [1.82, 2.24) is 19.2 Å². The van der Waals surface area contributed by atoms with E-state index in [0.717, 1.165) is 26.9 Å². The highest BCUT2D eigenvalue weighted by Gasteiger charge is 2.14. The second-order valence-corrected chi connectivity index (χ2v) is 6.04. The van der Waals surface area contributed by atoms with Gasteiger partial charge in [0.25, 0.3) is 0 Å². The third-order valence-electron chi connectivity index (χ3n) is 3.34. The van der Waals surface area contributed by atoms with E-state index in [9.17, 15) is 0 Å². The predicted octanol–water partition coefficient (Wildman–Crippen LogP) is 3.43. The van der Waals surface area contributed by atoms with Crippen molar-refractivity contribution in [3.63, 3.8) is 0 Å². The van der Waals surface area contributed by atoms with E-state index in [1.54, 1.807) is 6.20 Å². The van der Waals surface area contributed by atoms with Gasteiger partial charge in [0.2, 0.25) is 0 Å². The molecule has 20 heavy (non-hydrogen) atoms. The fourth-order valence-corrected chi connectivity index (χ4v) is 2.45. The van der Waals surface area contributed by atoms with Crippen LogP contribution in [0.25, 0.3) is 16.9 Å². The maximum absolute atomic E-state index is 6.22. The molecule has 0 atom stereocenters. The second-order valence-electron chi connectivity index (χ2n) is 5.18. The molecule has 3 aromatic heterocycles. The van der Waals surface area contributed by atoms with E-state index in [2.05, 4.69) is 39.9 Å². The lowest BCUT2D eigenvalue weighted by molar-refractivity contribution is 0.532. The molecule has 0 saturated heterocycles. The number of nitrogen functional groups attached to an aromatic ring is 1. The molecule has 0 aliphatic heterocycles. The summed E-state index contributed by atoms with van der Waals surface area (Å²) >= 11 is 3.52. The number of nitrogens with two attached hydrogens (primary N) is 1. The van der Waals surface area contributed by atoms with Gasteiger partial charge in [0.15, 0.2) is 0 Å². The SMILES string of the molecule is Cc1cc2nc(-c3cnn(C(C)C)c3)c(N)n2cc1Br. The lowest BCUT2D eigenvalue weighted by Gasteiger charge is -2.02. The van der Waals surface area contributed by atoms with Gasteiger partial charge in [-0.2, -0.15) is 5.10 Å². The van der Waals surface area contributed by atoms with Gasteiger partial charge in [-0.3, -0.25) is 9.08 Å². The molecule has 6 heteroatoms.